The van der Waals surface area contributed by atoms with E-state index in [1.54, 1.807) is 0 Å². The molecule has 0 aliphatic rings. The molecule has 0 spiro atoms. The zero-order chi connectivity index (χ0) is 15.0. The van der Waals surface area contributed by atoms with Crippen molar-refractivity contribution >= 4 is 0 Å². The normalized spacial score (nSPS) is 11.9. The van der Waals surface area contributed by atoms with Crippen LogP contribution in [0.2, 0.25) is 0 Å². The van der Waals surface area contributed by atoms with Gasteiger partial charge in [0.15, 0.2) is 0 Å². The van der Waals surface area contributed by atoms with Crippen LogP contribution in [0, 0.1) is 0 Å². The maximum absolute atomic E-state index is 4.48. The minimum atomic E-state index is 0. The molecule has 0 atom stereocenters. The van der Waals surface area contributed by atoms with Crippen LogP contribution in [0.15, 0.2) is 36.7 Å². The Kier molecular flexibility index (Phi) is 5.35. The molecule has 0 saturated heterocycles. The van der Waals surface area contributed by atoms with Gasteiger partial charge in [0, 0.05) is 29.5 Å². The third kappa shape index (κ3) is 4.39. The Balaban J connectivity index is 0.00000220. The molecule has 0 bridgehead atoms. The summed E-state index contributed by atoms with van der Waals surface area (Å²) >= 11 is 0. The smallest absolute Gasteiger partial charge is 0.0889 e. The zero-order valence-corrected chi connectivity index (χ0v) is 14.6. The summed E-state index contributed by atoms with van der Waals surface area (Å²) in [5.41, 5.74) is 4.71. The van der Waals surface area contributed by atoms with E-state index in [0.29, 0.717) is 0 Å². The average molecular weight is 332 g/mol. The molecule has 0 saturated carbocycles. The van der Waals surface area contributed by atoms with Crippen molar-refractivity contribution in [3.8, 4) is 11.4 Å². The summed E-state index contributed by atoms with van der Waals surface area (Å²) in [6.07, 6.45) is 3.75. The molecule has 0 N–H and O–H groups in total. The molecule has 3 heteroatoms. The topological polar surface area (TPSA) is 25.8 Å². The fourth-order valence-corrected chi connectivity index (χ4v) is 2.07. The molecular formula is C18H24CuN2. The van der Waals surface area contributed by atoms with E-state index in [9.17, 15) is 0 Å². The first kappa shape index (κ1) is 17.9. The first-order valence-corrected chi connectivity index (χ1v) is 7.11. The quantitative estimate of drug-likeness (QED) is 0.705. The van der Waals surface area contributed by atoms with Gasteiger partial charge in [-0.2, -0.15) is 0 Å². The Morgan fingerprint density at radius 1 is 0.667 bits per heavy atom. The van der Waals surface area contributed by atoms with Crippen LogP contribution in [0.3, 0.4) is 0 Å². The van der Waals surface area contributed by atoms with E-state index in [1.807, 2.05) is 12.4 Å². The van der Waals surface area contributed by atoms with E-state index >= 15 is 0 Å². The number of rotatable bonds is 1. The van der Waals surface area contributed by atoms with Gasteiger partial charge in [-0.1, -0.05) is 41.5 Å². The van der Waals surface area contributed by atoms with Gasteiger partial charge in [0.25, 0.3) is 0 Å². The SMILES string of the molecule is CC(C)(C)c1ccnc(-c2cc(C(C)(C)C)ccn2)c1.[Cu]. The van der Waals surface area contributed by atoms with Crippen LogP contribution in [0.5, 0.6) is 0 Å². The molecule has 21 heavy (non-hydrogen) atoms. The fraction of sp³-hybridized carbons (Fsp3) is 0.444. The van der Waals surface area contributed by atoms with Crippen LogP contribution in [-0.2, 0) is 27.9 Å². The van der Waals surface area contributed by atoms with Crippen LogP contribution in [-0.4, -0.2) is 9.97 Å². The molecule has 2 aromatic heterocycles. The molecule has 2 rings (SSSR count). The minimum Gasteiger partial charge on any atom is -0.255 e. The molecule has 117 valence electrons. The van der Waals surface area contributed by atoms with Gasteiger partial charge in [-0.05, 0) is 46.2 Å². The molecule has 2 heterocycles. The Bertz CT molecular complexity index is 552. The number of hydrogen-bond acceptors (Lipinski definition) is 2. The second kappa shape index (κ2) is 6.29. The average Bonchev–Trinajstić information content (AvgIpc) is 2.37. The van der Waals surface area contributed by atoms with E-state index in [1.165, 1.54) is 11.1 Å². The van der Waals surface area contributed by atoms with E-state index in [-0.39, 0.29) is 27.9 Å². The maximum atomic E-state index is 4.48. The molecule has 0 aliphatic carbocycles. The molecular weight excluding hydrogens is 308 g/mol. The molecule has 0 fully saturated rings. The second-order valence-corrected chi connectivity index (χ2v) is 7.36. The summed E-state index contributed by atoms with van der Waals surface area (Å²) in [6.45, 7) is 13.3. The molecule has 0 unspecified atom stereocenters. The van der Waals surface area contributed by atoms with Gasteiger partial charge >= 0.3 is 0 Å². The van der Waals surface area contributed by atoms with Crippen LogP contribution in [0.25, 0.3) is 11.4 Å². The number of pyridine rings is 2. The van der Waals surface area contributed by atoms with Crippen molar-refractivity contribution in [1.29, 1.82) is 0 Å². The van der Waals surface area contributed by atoms with E-state index in [4.69, 9.17) is 0 Å². The number of nitrogens with zero attached hydrogens (tertiary/aromatic N) is 2. The van der Waals surface area contributed by atoms with E-state index in [0.717, 1.165) is 11.4 Å². The minimum absolute atomic E-state index is 0. The first-order chi connectivity index (χ1) is 9.18. The van der Waals surface area contributed by atoms with E-state index < -0.39 is 0 Å². The van der Waals surface area contributed by atoms with Crippen molar-refractivity contribution in [3.05, 3.63) is 47.8 Å². The first-order valence-electron chi connectivity index (χ1n) is 7.11. The molecule has 0 aliphatic heterocycles. The summed E-state index contributed by atoms with van der Waals surface area (Å²) in [7, 11) is 0. The van der Waals surface area contributed by atoms with Gasteiger partial charge in [-0.3, -0.25) is 9.97 Å². The summed E-state index contributed by atoms with van der Waals surface area (Å²) in [6, 6.07) is 8.46. The van der Waals surface area contributed by atoms with Crippen molar-refractivity contribution in [3.63, 3.8) is 0 Å². The van der Waals surface area contributed by atoms with Gasteiger partial charge in [0.1, 0.15) is 0 Å². The number of hydrogen-bond donors (Lipinski definition) is 0. The van der Waals surface area contributed by atoms with Gasteiger partial charge < -0.3 is 0 Å². The van der Waals surface area contributed by atoms with Gasteiger partial charge in [0.05, 0.1) is 11.4 Å². The summed E-state index contributed by atoms with van der Waals surface area (Å²) in [4.78, 5) is 8.97. The summed E-state index contributed by atoms with van der Waals surface area (Å²) in [5, 5.41) is 0. The van der Waals surface area contributed by atoms with Gasteiger partial charge in [-0.25, -0.2) is 0 Å². The second-order valence-electron chi connectivity index (χ2n) is 7.36. The largest absolute Gasteiger partial charge is 0.255 e. The zero-order valence-electron chi connectivity index (χ0n) is 13.7. The van der Waals surface area contributed by atoms with Crippen molar-refractivity contribution in [1.82, 2.24) is 9.97 Å². The van der Waals surface area contributed by atoms with Crippen LogP contribution >= 0.6 is 0 Å². The van der Waals surface area contributed by atoms with Crippen LogP contribution < -0.4 is 0 Å². The third-order valence-corrected chi connectivity index (χ3v) is 3.51. The standard InChI is InChI=1S/C18H24N2.Cu/c1-17(2,3)13-7-9-19-15(11-13)16-12-14(8-10-20-16)18(4,5)6;/h7-12H,1-6H3;. The van der Waals surface area contributed by atoms with Crippen molar-refractivity contribution in [2.75, 3.05) is 0 Å². The van der Waals surface area contributed by atoms with Crippen molar-refractivity contribution in [2.45, 2.75) is 52.4 Å². The maximum Gasteiger partial charge on any atom is 0.0889 e. The third-order valence-electron chi connectivity index (χ3n) is 3.51. The van der Waals surface area contributed by atoms with Crippen LogP contribution in [0.4, 0.5) is 0 Å². The predicted octanol–water partition coefficient (Wildman–Crippen LogP) is 4.74. The predicted molar refractivity (Wildman–Crippen MR) is 84.9 cm³/mol. The Morgan fingerprint density at radius 3 is 1.29 bits per heavy atom. The van der Waals surface area contributed by atoms with E-state index in [2.05, 4.69) is 75.8 Å². The summed E-state index contributed by atoms with van der Waals surface area (Å²) < 4.78 is 0. The Morgan fingerprint density at radius 2 is 1.00 bits per heavy atom. The van der Waals surface area contributed by atoms with Crippen molar-refractivity contribution < 1.29 is 17.1 Å². The monoisotopic (exact) mass is 331 g/mol. The molecule has 0 aromatic carbocycles. The van der Waals surface area contributed by atoms with Gasteiger partial charge in [-0.15, -0.1) is 0 Å². The molecule has 2 nitrogen and oxygen atoms in total. The van der Waals surface area contributed by atoms with Crippen LogP contribution in [0.1, 0.15) is 52.7 Å². The number of aromatic nitrogens is 2. The van der Waals surface area contributed by atoms with Crippen molar-refractivity contribution in [2.24, 2.45) is 0 Å². The molecule has 1 radical (unpaired) electrons. The molecule has 0 amide bonds. The fourth-order valence-electron chi connectivity index (χ4n) is 2.07. The van der Waals surface area contributed by atoms with Gasteiger partial charge in [0.2, 0.25) is 0 Å². The molecule has 2 aromatic rings. The Hall–Kier alpha value is -1.18. The Labute approximate surface area is 138 Å². The summed E-state index contributed by atoms with van der Waals surface area (Å²) in [5.74, 6) is 0.